The first-order valence-corrected chi connectivity index (χ1v) is 31.9. The van der Waals surface area contributed by atoms with Gasteiger partial charge < -0.3 is 0 Å². The standard InChI is InChI=1S/4C12H27P.Ru.2H/c4*1-4-7-10-13(11-8-5-2)12-9-6-3;;;/h4*4-12H2,1-3H3;;;. The molecule has 330 valence electrons. The molecule has 0 spiro atoms. The second-order valence-corrected chi connectivity index (χ2v) is 26.3. The average molecular weight is 912 g/mol. The van der Waals surface area contributed by atoms with E-state index in [9.17, 15) is 0 Å². The third kappa shape index (κ3) is 58.7. The van der Waals surface area contributed by atoms with E-state index in [1.165, 1.54) is 154 Å². The van der Waals surface area contributed by atoms with Gasteiger partial charge in [0, 0.05) is 0 Å². The van der Waals surface area contributed by atoms with Gasteiger partial charge >= 0.3 is 19.5 Å². The van der Waals surface area contributed by atoms with Crippen molar-refractivity contribution in [2.24, 2.45) is 0 Å². The second-order valence-electron chi connectivity index (χ2n) is 15.6. The maximum absolute atomic E-state index is 2.31. The Morgan fingerprint density at radius 1 is 0.170 bits per heavy atom. The number of unbranched alkanes of at least 4 members (excludes halogenated alkanes) is 12. The topological polar surface area (TPSA) is 0 Å². The molecule has 0 rings (SSSR count). The van der Waals surface area contributed by atoms with Gasteiger partial charge in [-0.3, -0.25) is 0 Å². The fraction of sp³-hybridized carbons (Fsp3) is 1.00. The van der Waals surface area contributed by atoms with E-state index in [1.54, 1.807) is 73.9 Å². The van der Waals surface area contributed by atoms with Crippen molar-refractivity contribution >= 4 is 31.7 Å². The normalized spacial score (nSPS) is 10.9. The number of hydrogen-bond acceptors (Lipinski definition) is 0. The number of rotatable bonds is 36. The quantitative estimate of drug-likeness (QED) is 0.0434. The molecule has 0 saturated carbocycles. The molecule has 0 nitrogen and oxygen atoms in total. The van der Waals surface area contributed by atoms with Crippen molar-refractivity contribution in [2.45, 2.75) is 237 Å². The predicted molar refractivity (Wildman–Crippen MR) is 268 cm³/mol. The van der Waals surface area contributed by atoms with E-state index in [0.717, 1.165) is 0 Å². The first kappa shape index (κ1) is 64.5. The molecule has 0 aromatic carbocycles. The molecule has 0 bridgehead atoms. The molecule has 0 amide bonds. The van der Waals surface area contributed by atoms with Crippen LogP contribution in [0.15, 0.2) is 0 Å². The van der Waals surface area contributed by atoms with Gasteiger partial charge in [0.25, 0.3) is 0 Å². The van der Waals surface area contributed by atoms with Gasteiger partial charge in [0.1, 0.15) is 0 Å². The van der Waals surface area contributed by atoms with Crippen LogP contribution in [-0.2, 0) is 19.5 Å². The molecule has 0 radical (unpaired) electrons. The second kappa shape index (κ2) is 61.0. The minimum absolute atomic E-state index is 0. The summed E-state index contributed by atoms with van der Waals surface area (Å²) in [6, 6.07) is 0. The van der Waals surface area contributed by atoms with E-state index in [2.05, 4.69) is 83.1 Å². The molecule has 0 atom stereocenters. The third-order valence-electron chi connectivity index (χ3n) is 9.93. The third-order valence-corrected chi connectivity index (χ3v) is 21.3. The van der Waals surface area contributed by atoms with Crippen LogP contribution >= 0.6 is 31.7 Å². The first-order chi connectivity index (χ1) is 25.4. The van der Waals surface area contributed by atoms with Crippen LogP contribution in [0.25, 0.3) is 0 Å². The van der Waals surface area contributed by atoms with Crippen LogP contribution in [0.5, 0.6) is 0 Å². The molecular weight excluding hydrogens is 801 g/mol. The zero-order valence-electron chi connectivity index (χ0n) is 39.7. The van der Waals surface area contributed by atoms with Crippen LogP contribution in [0.2, 0.25) is 0 Å². The molecule has 0 saturated heterocycles. The Morgan fingerprint density at radius 3 is 0.302 bits per heavy atom. The molecule has 5 heteroatoms. The fourth-order valence-corrected chi connectivity index (χ4v) is 17.8. The molecule has 0 aromatic heterocycles. The summed E-state index contributed by atoms with van der Waals surface area (Å²) < 4.78 is 0. The molecule has 53 heavy (non-hydrogen) atoms. The van der Waals surface area contributed by atoms with E-state index >= 15 is 0 Å². The van der Waals surface area contributed by atoms with Gasteiger partial charge in [0.05, 0.1) is 0 Å². The Hall–Kier alpha value is 2.34. The minimum atomic E-state index is 0. The zero-order chi connectivity index (χ0) is 39.8. The molecule has 0 aliphatic heterocycles. The molecule has 0 heterocycles. The van der Waals surface area contributed by atoms with Crippen LogP contribution in [0.4, 0.5) is 0 Å². The molecular formula is C48H110P4Ru. The number of hydrogen-bond donors (Lipinski definition) is 0. The van der Waals surface area contributed by atoms with Gasteiger partial charge in [-0.25, -0.2) is 0 Å². The van der Waals surface area contributed by atoms with Gasteiger partial charge in [-0.1, -0.05) is 160 Å². The van der Waals surface area contributed by atoms with E-state index in [0.29, 0.717) is 31.7 Å². The Kier molecular flexibility index (Phi) is 74.2. The van der Waals surface area contributed by atoms with Crippen molar-refractivity contribution < 1.29 is 19.5 Å². The van der Waals surface area contributed by atoms with Crippen molar-refractivity contribution in [3.05, 3.63) is 0 Å². The van der Waals surface area contributed by atoms with E-state index in [1.807, 2.05) is 0 Å². The summed E-state index contributed by atoms with van der Waals surface area (Å²) in [4.78, 5) is 0. The van der Waals surface area contributed by atoms with Crippen LogP contribution in [0.1, 0.15) is 237 Å². The van der Waals surface area contributed by atoms with E-state index in [4.69, 9.17) is 0 Å². The Labute approximate surface area is 360 Å². The summed E-state index contributed by atoms with van der Waals surface area (Å²) >= 11 is 0. The van der Waals surface area contributed by atoms with Crippen LogP contribution in [-0.4, -0.2) is 73.9 Å². The van der Waals surface area contributed by atoms with Crippen molar-refractivity contribution in [1.29, 1.82) is 0 Å². The van der Waals surface area contributed by atoms with Gasteiger partial charge in [0.15, 0.2) is 0 Å². The summed E-state index contributed by atoms with van der Waals surface area (Å²) in [6.07, 6.45) is 52.9. The summed E-state index contributed by atoms with van der Waals surface area (Å²) in [5.41, 5.74) is 0. The molecule has 0 unspecified atom stereocenters. The Balaban J connectivity index is -0.000000192. The SMILES string of the molecule is CCCCP(CCCC)CCCC.CCCCP(CCCC)CCCC.CCCCP(CCCC)CCCC.CCCCP(CCCC)CCCC.[RuH2]. The molecule has 0 N–H and O–H groups in total. The van der Waals surface area contributed by atoms with Crippen molar-refractivity contribution in [3.63, 3.8) is 0 Å². The summed E-state index contributed by atoms with van der Waals surface area (Å²) in [5.74, 6) is 0. The molecule has 0 fully saturated rings. The Morgan fingerprint density at radius 2 is 0.245 bits per heavy atom. The molecule has 0 aromatic rings. The zero-order valence-corrected chi connectivity index (χ0v) is 45.2. The van der Waals surface area contributed by atoms with Crippen LogP contribution in [0, 0.1) is 0 Å². The van der Waals surface area contributed by atoms with Gasteiger partial charge in [-0.05, 0) is 151 Å². The van der Waals surface area contributed by atoms with Gasteiger partial charge in [-0.2, -0.15) is 0 Å². The predicted octanol–water partition coefficient (Wildman–Crippen LogP) is 18.9. The van der Waals surface area contributed by atoms with E-state index < -0.39 is 0 Å². The molecule has 0 aliphatic rings. The fourth-order valence-electron chi connectivity index (χ4n) is 5.92. The van der Waals surface area contributed by atoms with Gasteiger partial charge in [0.2, 0.25) is 0 Å². The maximum atomic E-state index is 2.31. The van der Waals surface area contributed by atoms with E-state index in [-0.39, 0.29) is 19.5 Å². The van der Waals surface area contributed by atoms with Gasteiger partial charge in [-0.15, -0.1) is 31.7 Å². The molecule has 0 aliphatic carbocycles. The summed E-state index contributed by atoms with van der Waals surface area (Å²) in [6.45, 7) is 27.8. The van der Waals surface area contributed by atoms with Crippen LogP contribution < -0.4 is 0 Å². The first-order valence-electron chi connectivity index (χ1n) is 24.3. The van der Waals surface area contributed by atoms with Crippen molar-refractivity contribution in [1.82, 2.24) is 0 Å². The summed E-state index contributed by atoms with van der Waals surface area (Å²) in [7, 11) is 1.69. The van der Waals surface area contributed by atoms with Crippen molar-refractivity contribution in [3.8, 4) is 0 Å². The monoisotopic (exact) mass is 913 g/mol. The van der Waals surface area contributed by atoms with Crippen LogP contribution in [0.3, 0.4) is 0 Å². The average Bonchev–Trinajstić information content (AvgIpc) is 3.17. The van der Waals surface area contributed by atoms with Crippen molar-refractivity contribution in [2.75, 3.05) is 73.9 Å². The Bertz CT molecular complexity index is 392. The summed E-state index contributed by atoms with van der Waals surface area (Å²) in [5, 5.41) is 0.